The van der Waals surface area contributed by atoms with Gasteiger partial charge >= 0.3 is 0 Å². The molecule has 1 aromatic carbocycles. The van der Waals surface area contributed by atoms with Gasteiger partial charge in [0.1, 0.15) is 25.1 Å². The molecule has 0 bridgehead atoms. The standard InChI is InChI=1S/C27H37IN2O8/c1-36-16-24(33)30(19-7-5-3-4-6-8-19)21-13-18(27(35)29-9-10-31)14-22(25(21)34)38-26-20(28)11-17(15-32)12-23(26)37-2/h11-12,14-15,19,21-22,25,31,34H,3-10,13,16H2,1-2H3,(H,29,35)/t21-,22+,25+/m1/s1. The van der Waals surface area contributed by atoms with Crippen molar-refractivity contribution in [3.8, 4) is 11.5 Å². The second kappa shape index (κ2) is 14.8. The highest BCUT2D eigenvalue weighted by atomic mass is 127. The number of ether oxygens (including phenoxy) is 3. The summed E-state index contributed by atoms with van der Waals surface area (Å²) < 4.78 is 17.5. The molecule has 0 radical (unpaired) electrons. The van der Waals surface area contributed by atoms with Crippen molar-refractivity contribution < 1.29 is 38.8 Å². The number of aliphatic hydroxyl groups is 2. The summed E-state index contributed by atoms with van der Waals surface area (Å²) in [5.41, 5.74) is 0.756. The van der Waals surface area contributed by atoms with Crippen molar-refractivity contribution >= 4 is 40.7 Å². The van der Waals surface area contributed by atoms with E-state index in [0.717, 1.165) is 38.5 Å². The number of aliphatic hydroxyl groups excluding tert-OH is 2. The number of aldehydes is 1. The summed E-state index contributed by atoms with van der Waals surface area (Å²) in [5, 5.41) is 23.5. The summed E-state index contributed by atoms with van der Waals surface area (Å²) in [6.45, 7) is -0.285. The van der Waals surface area contributed by atoms with E-state index in [-0.39, 0.29) is 38.1 Å². The van der Waals surface area contributed by atoms with Gasteiger partial charge in [0.2, 0.25) is 11.8 Å². The summed E-state index contributed by atoms with van der Waals surface area (Å²) in [6.07, 6.45) is 5.98. The largest absolute Gasteiger partial charge is 0.493 e. The first-order valence-electron chi connectivity index (χ1n) is 12.9. The number of nitrogens with zero attached hydrogens (tertiary/aromatic N) is 1. The van der Waals surface area contributed by atoms with Crippen molar-refractivity contribution in [3.05, 3.63) is 32.9 Å². The number of carbonyl (C=O) groups is 3. The maximum atomic E-state index is 13.4. The Kier molecular flexibility index (Phi) is 11.8. The van der Waals surface area contributed by atoms with E-state index in [1.165, 1.54) is 20.3 Å². The minimum absolute atomic E-state index is 0.0722. The third kappa shape index (κ3) is 7.45. The Morgan fingerprint density at radius 2 is 1.89 bits per heavy atom. The summed E-state index contributed by atoms with van der Waals surface area (Å²) in [6, 6.07) is 2.34. The van der Waals surface area contributed by atoms with Crippen LogP contribution in [0, 0.1) is 3.57 Å². The first-order chi connectivity index (χ1) is 18.3. The smallest absolute Gasteiger partial charge is 0.249 e. The van der Waals surface area contributed by atoms with Gasteiger partial charge in [-0.15, -0.1) is 0 Å². The molecule has 1 fully saturated rings. The fraction of sp³-hybridized carbons (Fsp3) is 0.593. The average molecular weight is 645 g/mol. The maximum absolute atomic E-state index is 13.4. The Morgan fingerprint density at radius 1 is 1.18 bits per heavy atom. The third-order valence-electron chi connectivity index (χ3n) is 6.99. The maximum Gasteiger partial charge on any atom is 0.249 e. The van der Waals surface area contributed by atoms with Gasteiger partial charge in [-0.05, 0) is 53.6 Å². The van der Waals surface area contributed by atoms with E-state index in [2.05, 4.69) is 5.32 Å². The van der Waals surface area contributed by atoms with E-state index >= 15 is 0 Å². The number of halogens is 1. The Labute approximate surface area is 236 Å². The zero-order chi connectivity index (χ0) is 27.7. The molecule has 0 aromatic heterocycles. The summed E-state index contributed by atoms with van der Waals surface area (Å²) in [5.74, 6) is -0.0210. The molecule has 2 amide bonds. The highest BCUT2D eigenvalue weighted by Crippen LogP contribution is 2.37. The van der Waals surface area contributed by atoms with Crippen LogP contribution in [0.2, 0.25) is 0 Å². The minimum Gasteiger partial charge on any atom is -0.493 e. The lowest BCUT2D eigenvalue weighted by Crippen LogP contribution is -2.58. The number of amides is 2. The first-order valence-corrected chi connectivity index (χ1v) is 14.0. The highest BCUT2D eigenvalue weighted by molar-refractivity contribution is 14.1. The molecule has 3 atom stereocenters. The van der Waals surface area contributed by atoms with Gasteiger partial charge in [0.05, 0.1) is 23.3 Å². The van der Waals surface area contributed by atoms with Crippen LogP contribution in [0.15, 0.2) is 23.8 Å². The lowest BCUT2D eigenvalue weighted by Gasteiger charge is -2.44. The molecule has 2 aliphatic carbocycles. The zero-order valence-corrected chi connectivity index (χ0v) is 24.0. The lowest BCUT2D eigenvalue weighted by molar-refractivity contribution is -0.146. The molecule has 0 heterocycles. The van der Waals surface area contributed by atoms with Gasteiger partial charge in [-0.25, -0.2) is 0 Å². The van der Waals surface area contributed by atoms with E-state index < -0.39 is 24.2 Å². The summed E-state index contributed by atoms with van der Waals surface area (Å²) in [4.78, 5) is 39.4. The number of rotatable bonds is 11. The molecular formula is C27H37IN2O8. The van der Waals surface area contributed by atoms with Crippen molar-refractivity contribution in [2.45, 2.75) is 69.2 Å². The van der Waals surface area contributed by atoms with E-state index in [9.17, 15) is 24.6 Å². The van der Waals surface area contributed by atoms with Gasteiger partial charge in [-0.2, -0.15) is 0 Å². The minimum atomic E-state index is -1.15. The molecule has 0 spiro atoms. The van der Waals surface area contributed by atoms with Crippen LogP contribution in [0.3, 0.4) is 0 Å². The number of benzene rings is 1. The second-order valence-electron chi connectivity index (χ2n) is 9.55. The van der Waals surface area contributed by atoms with Crippen LogP contribution < -0.4 is 14.8 Å². The topological polar surface area (TPSA) is 135 Å². The predicted octanol–water partition coefficient (Wildman–Crippen LogP) is 2.23. The van der Waals surface area contributed by atoms with Crippen molar-refractivity contribution in [1.82, 2.24) is 10.2 Å². The van der Waals surface area contributed by atoms with Crippen LogP contribution in [0.25, 0.3) is 0 Å². The fourth-order valence-electron chi connectivity index (χ4n) is 5.20. The normalized spacial score (nSPS) is 22.1. The quantitative estimate of drug-likeness (QED) is 0.190. The molecule has 38 heavy (non-hydrogen) atoms. The Balaban J connectivity index is 2.03. The molecule has 10 nitrogen and oxygen atoms in total. The Hall–Kier alpha value is -2.22. The third-order valence-corrected chi connectivity index (χ3v) is 7.79. The molecule has 0 aliphatic heterocycles. The van der Waals surface area contributed by atoms with Gasteiger partial charge < -0.3 is 34.6 Å². The van der Waals surface area contributed by atoms with Crippen LogP contribution in [-0.4, -0.2) is 91.5 Å². The van der Waals surface area contributed by atoms with E-state index in [0.29, 0.717) is 32.5 Å². The molecule has 3 rings (SSSR count). The van der Waals surface area contributed by atoms with Crippen LogP contribution in [0.5, 0.6) is 11.5 Å². The lowest BCUT2D eigenvalue weighted by atomic mass is 9.86. The molecule has 1 aromatic rings. The molecule has 0 saturated heterocycles. The van der Waals surface area contributed by atoms with E-state index in [1.807, 2.05) is 22.6 Å². The Bertz CT molecular complexity index is 1010. The number of methoxy groups -OCH3 is 2. The summed E-state index contributed by atoms with van der Waals surface area (Å²) in [7, 11) is 2.91. The van der Waals surface area contributed by atoms with Gasteiger partial charge in [0.25, 0.3) is 0 Å². The molecule has 3 N–H and O–H groups in total. The molecule has 1 saturated carbocycles. The van der Waals surface area contributed by atoms with Crippen molar-refractivity contribution in [2.75, 3.05) is 34.0 Å². The monoisotopic (exact) mass is 644 g/mol. The molecule has 2 aliphatic rings. The second-order valence-corrected chi connectivity index (χ2v) is 10.7. The van der Waals surface area contributed by atoms with Crippen LogP contribution in [-0.2, 0) is 14.3 Å². The first kappa shape index (κ1) is 30.3. The van der Waals surface area contributed by atoms with Gasteiger partial charge in [-0.3, -0.25) is 14.4 Å². The van der Waals surface area contributed by atoms with Crippen LogP contribution in [0.4, 0.5) is 0 Å². The summed E-state index contributed by atoms with van der Waals surface area (Å²) >= 11 is 2.02. The molecular weight excluding hydrogens is 607 g/mol. The average Bonchev–Trinajstić information content (AvgIpc) is 3.19. The number of nitrogens with one attached hydrogen (secondary N) is 1. The zero-order valence-electron chi connectivity index (χ0n) is 21.9. The van der Waals surface area contributed by atoms with E-state index in [1.54, 1.807) is 17.0 Å². The highest BCUT2D eigenvalue weighted by Gasteiger charge is 2.43. The number of hydrogen-bond acceptors (Lipinski definition) is 8. The van der Waals surface area contributed by atoms with Crippen LogP contribution >= 0.6 is 22.6 Å². The number of hydrogen-bond donors (Lipinski definition) is 3. The van der Waals surface area contributed by atoms with Crippen molar-refractivity contribution in [2.24, 2.45) is 0 Å². The van der Waals surface area contributed by atoms with Gasteiger partial charge in [-0.1, -0.05) is 25.7 Å². The van der Waals surface area contributed by atoms with Crippen molar-refractivity contribution in [3.63, 3.8) is 0 Å². The molecule has 0 unspecified atom stereocenters. The fourth-order valence-corrected chi connectivity index (χ4v) is 5.95. The number of carbonyl (C=O) groups excluding carboxylic acids is 3. The van der Waals surface area contributed by atoms with Gasteiger partial charge in [0, 0.05) is 37.3 Å². The van der Waals surface area contributed by atoms with Crippen molar-refractivity contribution in [1.29, 1.82) is 0 Å². The Morgan fingerprint density at radius 3 is 2.50 bits per heavy atom. The van der Waals surface area contributed by atoms with Gasteiger partial charge in [0.15, 0.2) is 11.5 Å². The van der Waals surface area contributed by atoms with E-state index in [4.69, 9.17) is 14.2 Å². The SMILES string of the molecule is COCC(=O)N(C1CCCCCC1)[C@@H]1CC(C(=O)NCCO)=C[C@H](Oc2c(I)cc(C=O)cc2OC)[C@H]1O. The molecule has 210 valence electrons. The van der Waals surface area contributed by atoms with Crippen LogP contribution in [0.1, 0.15) is 55.3 Å². The predicted molar refractivity (Wildman–Crippen MR) is 148 cm³/mol. The molecule has 11 heteroatoms.